The summed E-state index contributed by atoms with van der Waals surface area (Å²) < 4.78 is 24.7. The Morgan fingerprint density at radius 1 is 1.32 bits per heavy atom. The first-order chi connectivity index (χ1) is 9.02. The van der Waals surface area contributed by atoms with Gasteiger partial charge in [-0.05, 0) is 40.5 Å². The Labute approximate surface area is 122 Å². The number of ether oxygens (including phenoxy) is 2. The van der Waals surface area contributed by atoms with Crippen LogP contribution in [0.25, 0.3) is 0 Å². The van der Waals surface area contributed by atoms with Crippen molar-refractivity contribution in [2.75, 3.05) is 26.8 Å². The molecule has 1 atom stereocenters. The fraction of sp³-hybridized carbons (Fsp3) is 0.571. The summed E-state index contributed by atoms with van der Waals surface area (Å²) in [5, 5.41) is 3.31. The molecular formula is C14H21BrFNO2. The van der Waals surface area contributed by atoms with E-state index in [-0.39, 0.29) is 11.9 Å². The molecule has 1 aromatic rings. The van der Waals surface area contributed by atoms with Gasteiger partial charge >= 0.3 is 0 Å². The topological polar surface area (TPSA) is 30.5 Å². The maximum Gasteiger partial charge on any atom is 0.141 e. The summed E-state index contributed by atoms with van der Waals surface area (Å²) in [6, 6.07) is 4.74. The number of hydrogen-bond acceptors (Lipinski definition) is 3. The lowest BCUT2D eigenvalue weighted by molar-refractivity contribution is 0.0800. The van der Waals surface area contributed by atoms with Gasteiger partial charge in [-0.25, -0.2) is 4.39 Å². The molecule has 0 saturated carbocycles. The molecule has 0 heterocycles. The number of benzene rings is 1. The molecule has 0 radical (unpaired) electrons. The van der Waals surface area contributed by atoms with Crippen molar-refractivity contribution in [3.05, 3.63) is 28.5 Å². The van der Waals surface area contributed by atoms with E-state index in [1.54, 1.807) is 19.2 Å². The Balaban J connectivity index is 2.54. The highest BCUT2D eigenvalue weighted by Crippen LogP contribution is 2.21. The maximum atomic E-state index is 13.4. The van der Waals surface area contributed by atoms with Crippen LogP contribution in [0.5, 0.6) is 5.75 Å². The molecule has 1 N–H and O–H groups in total. The summed E-state index contributed by atoms with van der Waals surface area (Å²) in [6.45, 7) is 6.33. The lowest BCUT2D eigenvalue weighted by Gasteiger charge is -2.19. The van der Waals surface area contributed by atoms with Crippen LogP contribution in [-0.2, 0) is 4.74 Å². The van der Waals surface area contributed by atoms with Gasteiger partial charge in [0.25, 0.3) is 0 Å². The molecule has 1 aromatic carbocycles. The standard InChI is InChI=1S/C14H21BrFNO2/c1-10(2)7-17-8-12(9-18-3)19-11-4-5-13(15)14(16)6-11/h4-6,10,12,17H,7-9H2,1-3H3. The molecule has 19 heavy (non-hydrogen) atoms. The van der Waals surface area contributed by atoms with Crippen molar-refractivity contribution in [1.82, 2.24) is 5.32 Å². The minimum absolute atomic E-state index is 0.135. The van der Waals surface area contributed by atoms with Crippen LogP contribution in [-0.4, -0.2) is 32.9 Å². The third-order valence-corrected chi connectivity index (χ3v) is 3.11. The summed E-state index contributed by atoms with van der Waals surface area (Å²) >= 11 is 3.12. The molecule has 1 rings (SSSR count). The van der Waals surface area contributed by atoms with Gasteiger partial charge in [0.2, 0.25) is 0 Å². The predicted molar refractivity (Wildman–Crippen MR) is 78.1 cm³/mol. The number of halogens is 2. The first-order valence-electron chi connectivity index (χ1n) is 6.34. The fourth-order valence-electron chi connectivity index (χ4n) is 1.60. The molecule has 0 aromatic heterocycles. The lowest BCUT2D eigenvalue weighted by Crippen LogP contribution is -2.36. The van der Waals surface area contributed by atoms with E-state index in [4.69, 9.17) is 9.47 Å². The summed E-state index contributed by atoms with van der Waals surface area (Å²) in [7, 11) is 1.63. The first-order valence-corrected chi connectivity index (χ1v) is 7.13. The minimum atomic E-state index is -0.330. The van der Waals surface area contributed by atoms with E-state index in [0.717, 1.165) is 6.54 Å². The zero-order valence-corrected chi connectivity index (χ0v) is 13.2. The number of methoxy groups -OCH3 is 1. The van der Waals surface area contributed by atoms with Gasteiger partial charge in [-0.3, -0.25) is 0 Å². The van der Waals surface area contributed by atoms with Crippen LogP contribution in [0.4, 0.5) is 4.39 Å². The zero-order valence-electron chi connectivity index (χ0n) is 11.6. The zero-order chi connectivity index (χ0) is 14.3. The molecule has 0 aliphatic carbocycles. The molecule has 0 aliphatic heterocycles. The van der Waals surface area contributed by atoms with Crippen molar-refractivity contribution in [1.29, 1.82) is 0 Å². The second-order valence-electron chi connectivity index (χ2n) is 4.82. The Kier molecular flexibility index (Phi) is 7.34. The van der Waals surface area contributed by atoms with Crippen LogP contribution in [0.15, 0.2) is 22.7 Å². The van der Waals surface area contributed by atoms with Gasteiger partial charge in [-0.1, -0.05) is 13.8 Å². The van der Waals surface area contributed by atoms with Crippen molar-refractivity contribution < 1.29 is 13.9 Å². The molecule has 0 saturated heterocycles. The van der Waals surface area contributed by atoms with Crippen LogP contribution in [0.1, 0.15) is 13.8 Å². The average molecular weight is 334 g/mol. The van der Waals surface area contributed by atoms with Crippen LogP contribution in [0.3, 0.4) is 0 Å². The van der Waals surface area contributed by atoms with Crippen molar-refractivity contribution in [2.45, 2.75) is 20.0 Å². The molecule has 5 heteroatoms. The van der Waals surface area contributed by atoms with Crippen LogP contribution < -0.4 is 10.1 Å². The molecule has 108 valence electrons. The quantitative estimate of drug-likeness (QED) is 0.792. The van der Waals surface area contributed by atoms with Gasteiger partial charge in [0.05, 0.1) is 11.1 Å². The van der Waals surface area contributed by atoms with Gasteiger partial charge in [0.1, 0.15) is 17.7 Å². The number of nitrogens with one attached hydrogen (secondary N) is 1. The smallest absolute Gasteiger partial charge is 0.141 e. The molecule has 0 bridgehead atoms. The molecule has 0 spiro atoms. The fourth-order valence-corrected chi connectivity index (χ4v) is 1.84. The van der Waals surface area contributed by atoms with E-state index in [9.17, 15) is 4.39 Å². The monoisotopic (exact) mass is 333 g/mol. The van der Waals surface area contributed by atoms with Crippen molar-refractivity contribution in [3.63, 3.8) is 0 Å². The summed E-state index contributed by atoms with van der Waals surface area (Å²) in [6.07, 6.45) is -0.135. The lowest BCUT2D eigenvalue weighted by atomic mass is 10.2. The molecule has 0 fully saturated rings. The highest BCUT2D eigenvalue weighted by atomic mass is 79.9. The molecule has 0 aliphatic rings. The second kappa shape index (κ2) is 8.51. The van der Waals surface area contributed by atoms with E-state index in [2.05, 4.69) is 35.1 Å². The number of rotatable bonds is 8. The normalized spacial score (nSPS) is 12.7. The van der Waals surface area contributed by atoms with Crippen LogP contribution >= 0.6 is 15.9 Å². The van der Waals surface area contributed by atoms with E-state index < -0.39 is 0 Å². The van der Waals surface area contributed by atoms with E-state index in [1.807, 2.05) is 0 Å². The second-order valence-corrected chi connectivity index (χ2v) is 5.68. The van der Waals surface area contributed by atoms with Crippen molar-refractivity contribution in [3.8, 4) is 5.75 Å². The third-order valence-electron chi connectivity index (χ3n) is 2.47. The Hall–Kier alpha value is -0.650. The highest BCUT2D eigenvalue weighted by molar-refractivity contribution is 9.10. The van der Waals surface area contributed by atoms with Crippen molar-refractivity contribution >= 4 is 15.9 Å². The summed E-state index contributed by atoms with van der Waals surface area (Å²) in [5.41, 5.74) is 0. The van der Waals surface area contributed by atoms with Gasteiger partial charge in [-0.15, -0.1) is 0 Å². The Bertz CT molecular complexity index is 388. The Morgan fingerprint density at radius 2 is 2.05 bits per heavy atom. The predicted octanol–water partition coefficient (Wildman–Crippen LogP) is 3.23. The average Bonchev–Trinajstić information content (AvgIpc) is 2.33. The summed E-state index contributed by atoms with van der Waals surface area (Å²) in [5.74, 6) is 0.756. The maximum absolute atomic E-state index is 13.4. The van der Waals surface area contributed by atoms with E-state index >= 15 is 0 Å². The van der Waals surface area contributed by atoms with E-state index in [1.165, 1.54) is 6.07 Å². The third kappa shape index (κ3) is 6.36. The van der Waals surface area contributed by atoms with Crippen molar-refractivity contribution in [2.24, 2.45) is 5.92 Å². The van der Waals surface area contributed by atoms with Gasteiger partial charge in [0, 0.05) is 19.7 Å². The highest BCUT2D eigenvalue weighted by Gasteiger charge is 2.11. The SMILES string of the molecule is COCC(CNCC(C)C)Oc1ccc(Br)c(F)c1. The van der Waals surface area contributed by atoms with Gasteiger partial charge in [0.15, 0.2) is 0 Å². The van der Waals surface area contributed by atoms with Crippen LogP contribution in [0.2, 0.25) is 0 Å². The van der Waals surface area contributed by atoms with Gasteiger partial charge < -0.3 is 14.8 Å². The molecule has 3 nitrogen and oxygen atoms in total. The molecular weight excluding hydrogens is 313 g/mol. The minimum Gasteiger partial charge on any atom is -0.487 e. The van der Waals surface area contributed by atoms with Crippen LogP contribution in [0, 0.1) is 11.7 Å². The molecule has 1 unspecified atom stereocenters. The van der Waals surface area contributed by atoms with Gasteiger partial charge in [-0.2, -0.15) is 0 Å². The molecule has 0 amide bonds. The number of hydrogen-bond donors (Lipinski definition) is 1. The summed E-state index contributed by atoms with van der Waals surface area (Å²) in [4.78, 5) is 0. The largest absolute Gasteiger partial charge is 0.487 e. The first kappa shape index (κ1) is 16.4. The van der Waals surface area contributed by atoms with E-state index in [0.29, 0.717) is 29.3 Å². The Morgan fingerprint density at radius 3 is 2.63 bits per heavy atom.